The highest BCUT2D eigenvalue weighted by molar-refractivity contribution is 7.89. The first kappa shape index (κ1) is 15.7. The number of hydrogen-bond donors (Lipinski definition) is 0. The molecule has 20 heavy (non-hydrogen) atoms. The molecule has 6 heteroatoms. The molecule has 2 rings (SSSR count). The van der Waals surface area contributed by atoms with E-state index < -0.39 is 15.8 Å². The molecule has 1 aliphatic rings. The minimum absolute atomic E-state index is 0.0164. The number of halogens is 2. The maximum Gasteiger partial charge on any atom is 0.243 e. The number of alkyl halides is 1. The second-order valence-corrected chi connectivity index (χ2v) is 8.30. The van der Waals surface area contributed by atoms with Crippen LogP contribution in [0, 0.1) is 18.2 Å². The largest absolute Gasteiger partial charge is 0.243 e. The lowest BCUT2D eigenvalue weighted by atomic mass is 9.93. The Balaban J connectivity index is 2.43. The van der Waals surface area contributed by atoms with E-state index >= 15 is 0 Å². The summed E-state index contributed by atoms with van der Waals surface area (Å²) in [6.45, 7) is 6.63. The number of rotatable bonds is 3. The van der Waals surface area contributed by atoms with Gasteiger partial charge in [0.1, 0.15) is 5.82 Å². The van der Waals surface area contributed by atoms with Crippen molar-refractivity contribution in [3.63, 3.8) is 0 Å². The van der Waals surface area contributed by atoms with E-state index in [2.05, 4.69) is 0 Å². The summed E-state index contributed by atoms with van der Waals surface area (Å²) in [5, 5.41) is 0. The lowest BCUT2D eigenvalue weighted by molar-refractivity contribution is 0.375. The quantitative estimate of drug-likeness (QED) is 0.802. The molecule has 0 unspecified atom stereocenters. The van der Waals surface area contributed by atoms with Crippen LogP contribution in [0.25, 0.3) is 0 Å². The fourth-order valence-electron chi connectivity index (χ4n) is 2.47. The number of benzene rings is 1. The summed E-state index contributed by atoms with van der Waals surface area (Å²) in [5.41, 5.74) is 0.515. The molecule has 3 nitrogen and oxygen atoms in total. The zero-order valence-electron chi connectivity index (χ0n) is 11.9. The molecule has 112 valence electrons. The molecule has 1 aromatic carbocycles. The smallest absolute Gasteiger partial charge is 0.207 e. The second kappa shape index (κ2) is 5.28. The molecule has 0 N–H and O–H groups in total. The molecule has 0 bridgehead atoms. The van der Waals surface area contributed by atoms with E-state index in [4.69, 9.17) is 11.6 Å². The van der Waals surface area contributed by atoms with Crippen molar-refractivity contribution in [2.24, 2.45) is 5.41 Å². The average molecular weight is 320 g/mol. The van der Waals surface area contributed by atoms with E-state index in [0.717, 1.165) is 6.42 Å². The van der Waals surface area contributed by atoms with Gasteiger partial charge < -0.3 is 0 Å². The standard InChI is InChI=1S/C14H19ClFNO2S/c1-10-6-12(7-11(8-15)13(10)16)20(18,19)17-5-4-14(2,3)9-17/h6-7H,4-5,8-9H2,1-3H3. The van der Waals surface area contributed by atoms with Crippen molar-refractivity contribution < 1.29 is 12.8 Å². The summed E-state index contributed by atoms with van der Waals surface area (Å²) in [4.78, 5) is 0.129. The van der Waals surface area contributed by atoms with Gasteiger partial charge >= 0.3 is 0 Å². The highest BCUT2D eigenvalue weighted by atomic mass is 35.5. The topological polar surface area (TPSA) is 37.4 Å². The summed E-state index contributed by atoms with van der Waals surface area (Å²) >= 11 is 5.68. The van der Waals surface area contributed by atoms with Crippen molar-refractivity contribution >= 4 is 21.6 Å². The zero-order valence-corrected chi connectivity index (χ0v) is 13.5. The van der Waals surface area contributed by atoms with Crippen LogP contribution >= 0.6 is 11.6 Å². The SMILES string of the molecule is Cc1cc(S(=O)(=O)N2CCC(C)(C)C2)cc(CCl)c1F. The number of nitrogens with zero attached hydrogens (tertiary/aromatic N) is 1. The molecule has 1 aromatic rings. The van der Waals surface area contributed by atoms with Gasteiger partial charge in [0, 0.05) is 18.7 Å². The van der Waals surface area contributed by atoms with Crippen LogP contribution in [0.2, 0.25) is 0 Å². The number of hydrogen-bond acceptors (Lipinski definition) is 2. The lowest BCUT2D eigenvalue weighted by Crippen LogP contribution is -2.30. The molecular formula is C14H19ClFNO2S. The summed E-state index contributed by atoms with van der Waals surface area (Å²) in [6.07, 6.45) is 0.828. The van der Waals surface area contributed by atoms with Crippen LogP contribution in [0.1, 0.15) is 31.4 Å². The third-order valence-electron chi connectivity index (χ3n) is 3.73. The van der Waals surface area contributed by atoms with Crippen LogP contribution in [-0.4, -0.2) is 25.8 Å². The first-order chi connectivity index (χ1) is 9.17. The first-order valence-electron chi connectivity index (χ1n) is 6.52. The molecular weight excluding hydrogens is 301 g/mol. The van der Waals surface area contributed by atoms with Crippen LogP contribution in [0.5, 0.6) is 0 Å². The van der Waals surface area contributed by atoms with Gasteiger partial charge in [-0.3, -0.25) is 0 Å². The van der Waals surface area contributed by atoms with Crippen molar-refractivity contribution in [3.05, 3.63) is 29.1 Å². The minimum atomic E-state index is -3.57. The summed E-state index contributed by atoms with van der Waals surface area (Å²) in [6, 6.07) is 2.72. The Labute approximate surface area is 124 Å². The molecule has 0 aliphatic carbocycles. The van der Waals surface area contributed by atoms with Crippen molar-refractivity contribution in [2.45, 2.75) is 38.0 Å². The zero-order chi connectivity index (χ0) is 15.1. The van der Waals surface area contributed by atoms with Gasteiger partial charge in [-0.15, -0.1) is 11.6 Å². The second-order valence-electron chi connectivity index (χ2n) is 6.10. The van der Waals surface area contributed by atoms with Gasteiger partial charge in [-0.1, -0.05) is 13.8 Å². The molecule has 0 saturated carbocycles. The van der Waals surface area contributed by atoms with Gasteiger partial charge in [0.25, 0.3) is 0 Å². The summed E-state index contributed by atoms with van der Waals surface area (Å²) in [5.74, 6) is -0.470. The number of aryl methyl sites for hydroxylation is 1. The van der Waals surface area contributed by atoms with E-state index in [-0.39, 0.29) is 21.8 Å². The van der Waals surface area contributed by atoms with Gasteiger partial charge in [-0.25, -0.2) is 12.8 Å². The van der Waals surface area contributed by atoms with Crippen LogP contribution in [0.15, 0.2) is 17.0 Å². The van der Waals surface area contributed by atoms with Gasteiger partial charge in [-0.2, -0.15) is 4.31 Å². The molecule has 0 amide bonds. The van der Waals surface area contributed by atoms with E-state index in [1.165, 1.54) is 16.4 Å². The Hall–Kier alpha value is -0.650. The van der Waals surface area contributed by atoms with Gasteiger partial charge in [0.2, 0.25) is 10.0 Å². The Kier molecular flexibility index (Phi) is 4.15. The summed E-state index contributed by atoms with van der Waals surface area (Å²) in [7, 11) is -3.57. The molecule has 1 heterocycles. The van der Waals surface area contributed by atoms with Crippen molar-refractivity contribution in [1.82, 2.24) is 4.31 Å². The number of sulfonamides is 1. The van der Waals surface area contributed by atoms with Crippen molar-refractivity contribution in [2.75, 3.05) is 13.1 Å². The van der Waals surface area contributed by atoms with E-state index in [0.29, 0.717) is 18.7 Å². The molecule has 0 radical (unpaired) electrons. The molecule has 0 aromatic heterocycles. The normalized spacial score (nSPS) is 19.4. The molecule has 0 spiro atoms. The van der Waals surface area contributed by atoms with E-state index in [9.17, 15) is 12.8 Å². The maximum atomic E-state index is 13.8. The van der Waals surface area contributed by atoms with Gasteiger partial charge in [0.05, 0.1) is 10.8 Å². The fourth-order valence-corrected chi connectivity index (χ4v) is 4.43. The van der Waals surface area contributed by atoms with E-state index in [1.54, 1.807) is 6.92 Å². The molecule has 1 aliphatic heterocycles. The van der Waals surface area contributed by atoms with Gasteiger partial charge in [0.15, 0.2) is 0 Å². The molecule has 1 fully saturated rings. The predicted molar refractivity (Wildman–Crippen MR) is 77.9 cm³/mol. The third kappa shape index (κ3) is 2.85. The Morgan fingerprint density at radius 2 is 2.05 bits per heavy atom. The summed E-state index contributed by atoms with van der Waals surface area (Å²) < 4.78 is 40.5. The fraction of sp³-hybridized carbons (Fsp3) is 0.571. The Morgan fingerprint density at radius 3 is 2.55 bits per heavy atom. The van der Waals surface area contributed by atoms with Gasteiger partial charge in [-0.05, 0) is 36.5 Å². The van der Waals surface area contributed by atoms with Crippen molar-refractivity contribution in [1.29, 1.82) is 0 Å². The van der Waals surface area contributed by atoms with Crippen molar-refractivity contribution in [3.8, 4) is 0 Å². The lowest BCUT2D eigenvalue weighted by Gasteiger charge is -2.20. The highest BCUT2D eigenvalue weighted by Gasteiger charge is 2.37. The first-order valence-corrected chi connectivity index (χ1v) is 8.50. The average Bonchev–Trinajstić information content (AvgIpc) is 2.73. The Morgan fingerprint density at radius 1 is 1.40 bits per heavy atom. The predicted octanol–water partition coefficient (Wildman–Crippen LogP) is 3.29. The van der Waals surface area contributed by atoms with Crippen LogP contribution in [-0.2, 0) is 15.9 Å². The Bertz CT molecular complexity index is 628. The minimum Gasteiger partial charge on any atom is -0.207 e. The maximum absolute atomic E-state index is 13.8. The highest BCUT2D eigenvalue weighted by Crippen LogP contribution is 2.33. The molecule has 0 atom stereocenters. The monoisotopic (exact) mass is 319 g/mol. The molecule has 1 saturated heterocycles. The van der Waals surface area contributed by atoms with E-state index in [1.807, 2.05) is 13.8 Å². The van der Waals surface area contributed by atoms with Crippen LogP contribution in [0.4, 0.5) is 4.39 Å². The van der Waals surface area contributed by atoms with Crippen LogP contribution in [0.3, 0.4) is 0 Å². The van der Waals surface area contributed by atoms with Crippen LogP contribution < -0.4 is 0 Å². The third-order valence-corrected chi connectivity index (χ3v) is 5.84.